The molecule has 0 fully saturated rings. The van der Waals surface area contributed by atoms with Crippen molar-refractivity contribution in [2.24, 2.45) is 0 Å². The van der Waals surface area contributed by atoms with Crippen LogP contribution in [0.4, 0.5) is 0 Å². The molecular weight excluding hydrogens is 495 g/mol. The summed E-state index contributed by atoms with van der Waals surface area (Å²) in [6, 6.07) is 44.8. The van der Waals surface area contributed by atoms with Crippen LogP contribution in [-0.4, -0.2) is 7.11 Å². The largest absolute Gasteiger partial charge is 0.497 e. The molecule has 188 valence electrons. The molecule has 0 unspecified atom stereocenters. The molecule has 2 nitrogen and oxygen atoms in total. The average Bonchev–Trinajstić information content (AvgIpc) is 3.02. The number of methoxy groups -OCH3 is 1. The van der Waals surface area contributed by atoms with Gasteiger partial charge >= 0.3 is 0 Å². The van der Waals surface area contributed by atoms with Crippen molar-refractivity contribution in [3.63, 3.8) is 0 Å². The summed E-state index contributed by atoms with van der Waals surface area (Å²) >= 11 is 0. The predicted molar refractivity (Wildman–Crippen MR) is 163 cm³/mol. The molecule has 0 aliphatic carbocycles. The topological polar surface area (TPSA) is 26.3 Å². The maximum atomic E-state index is 15.2. The van der Waals surface area contributed by atoms with E-state index < -0.39 is 7.14 Å². The zero-order valence-corrected chi connectivity index (χ0v) is 22.5. The number of hydrogen-bond acceptors (Lipinski definition) is 2. The Balaban J connectivity index is 1.68. The third kappa shape index (κ3) is 5.87. The van der Waals surface area contributed by atoms with E-state index in [0.29, 0.717) is 5.31 Å². The Morgan fingerprint density at radius 1 is 0.641 bits per heavy atom. The van der Waals surface area contributed by atoms with Gasteiger partial charge in [0.05, 0.1) is 12.4 Å². The van der Waals surface area contributed by atoms with Gasteiger partial charge in [0.25, 0.3) is 0 Å². The quantitative estimate of drug-likeness (QED) is 0.129. The lowest BCUT2D eigenvalue weighted by molar-refractivity contribution is 0.415. The summed E-state index contributed by atoms with van der Waals surface area (Å²) in [4.78, 5) is 0. The van der Waals surface area contributed by atoms with E-state index in [1.54, 1.807) is 7.11 Å². The van der Waals surface area contributed by atoms with E-state index in [0.717, 1.165) is 38.6 Å². The van der Waals surface area contributed by atoms with Gasteiger partial charge in [-0.05, 0) is 47.5 Å². The minimum atomic E-state index is -3.25. The van der Waals surface area contributed by atoms with Crippen molar-refractivity contribution < 1.29 is 9.30 Å². The van der Waals surface area contributed by atoms with Crippen LogP contribution in [0, 0.1) is 11.8 Å². The van der Waals surface area contributed by atoms with Crippen LogP contribution in [0.5, 0.6) is 5.75 Å². The molecule has 0 bridgehead atoms. The highest BCUT2D eigenvalue weighted by Crippen LogP contribution is 2.56. The molecule has 0 spiro atoms. The molecule has 0 atom stereocenters. The molecule has 0 heterocycles. The third-order valence-electron chi connectivity index (χ3n) is 6.36. The molecule has 0 aliphatic heterocycles. The maximum Gasteiger partial charge on any atom is 0.179 e. The van der Waals surface area contributed by atoms with Crippen LogP contribution < -0.4 is 15.3 Å². The van der Waals surface area contributed by atoms with Crippen LogP contribution in [-0.2, 0) is 4.57 Å². The second-order valence-corrected chi connectivity index (χ2v) is 11.5. The fourth-order valence-corrected chi connectivity index (χ4v) is 7.09. The fourth-order valence-electron chi connectivity index (χ4n) is 4.33. The molecule has 0 saturated carbocycles. The summed E-state index contributed by atoms with van der Waals surface area (Å²) in [7, 11) is -1.61. The molecular formula is C36H27O2P. The van der Waals surface area contributed by atoms with Gasteiger partial charge in [0.2, 0.25) is 0 Å². The first kappa shape index (κ1) is 25.8. The monoisotopic (exact) mass is 522 g/mol. The highest BCUT2D eigenvalue weighted by molar-refractivity contribution is 7.87. The zero-order valence-electron chi connectivity index (χ0n) is 21.6. The Bertz CT molecular complexity index is 1680. The van der Waals surface area contributed by atoms with Crippen molar-refractivity contribution in [1.82, 2.24) is 0 Å². The minimum Gasteiger partial charge on any atom is -0.497 e. The highest BCUT2D eigenvalue weighted by Gasteiger charge is 2.32. The predicted octanol–water partition coefficient (Wildman–Crippen LogP) is 7.76. The molecule has 5 aromatic carbocycles. The van der Waals surface area contributed by atoms with Gasteiger partial charge in [-0.25, -0.2) is 0 Å². The van der Waals surface area contributed by atoms with Crippen molar-refractivity contribution in [2.75, 3.05) is 7.11 Å². The van der Waals surface area contributed by atoms with E-state index in [2.05, 4.69) is 17.6 Å². The van der Waals surface area contributed by atoms with Crippen molar-refractivity contribution in [1.29, 1.82) is 0 Å². The van der Waals surface area contributed by atoms with E-state index in [4.69, 9.17) is 4.74 Å². The van der Waals surface area contributed by atoms with Gasteiger partial charge < -0.3 is 9.30 Å². The molecule has 5 aromatic rings. The van der Waals surface area contributed by atoms with Gasteiger partial charge in [0.15, 0.2) is 7.14 Å². The Morgan fingerprint density at radius 2 is 1.18 bits per heavy atom. The second kappa shape index (κ2) is 12.2. The third-order valence-corrected chi connectivity index (χ3v) is 9.43. The molecule has 39 heavy (non-hydrogen) atoms. The van der Waals surface area contributed by atoms with E-state index in [-0.39, 0.29) is 0 Å². The van der Waals surface area contributed by atoms with Gasteiger partial charge in [0.1, 0.15) is 5.75 Å². The first-order chi connectivity index (χ1) is 19.2. The molecule has 0 N–H and O–H groups in total. The number of hydrogen-bond donors (Lipinski definition) is 0. The lowest BCUT2D eigenvalue weighted by atomic mass is 10.1. The zero-order chi connectivity index (χ0) is 26.9. The van der Waals surface area contributed by atoms with Gasteiger partial charge in [-0.1, -0.05) is 121 Å². The Kier molecular flexibility index (Phi) is 8.06. The lowest BCUT2D eigenvalue weighted by Gasteiger charge is -2.21. The van der Waals surface area contributed by atoms with E-state index >= 15 is 4.57 Å². The van der Waals surface area contributed by atoms with Crippen LogP contribution >= 0.6 is 7.14 Å². The summed E-state index contributed by atoms with van der Waals surface area (Å²) in [6.07, 6.45) is 1.90. The van der Waals surface area contributed by atoms with Gasteiger partial charge in [0, 0.05) is 21.7 Å². The number of ether oxygens (including phenoxy) is 1. The minimum absolute atomic E-state index is 0.651. The molecule has 0 aromatic heterocycles. The Labute approximate surface area is 230 Å². The average molecular weight is 523 g/mol. The van der Waals surface area contributed by atoms with Gasteiger partial charge in [-0.3, -0.25) is 0 Å². The normalized spacial score (nSPS) is 10.5. The standard InChI is InChI=1S/C36H27O2P/c1-38-33-26-22-29(23-27-33)21-24-30-13-11-12-14-31(30)25-28-36(32-15-5-2-6-16-32)39(37,34-17-7-3-8-18-34)35-19-9-4-10-20-35/h2-20,22-23,25-27H,1H3. The molecule has 5 rings (SSSR count). The Hall–Kier alpha value is -4.79. The molecule has 0 saturated heterocycles. The van der Waals surface area contributed by atoms with E-state index in [1.807, 2.05) is 146 Å². The summed E-state index contributed by atoms with van der Waals surface area (Å²) in [5, 5.41) is 2.19. The SMILES string of the molecule is COc1ccc(C#Cc2ccccc2C=C=C(c2ccccc2)P(=O)(c2ccccc2)c2ccccc2)cc1. The summed E-state index contributed by atoms with van der Waals surface area (Å²) in [5.41, 5.74) is 7.02. The van der Waals surface area contributed by atoms with Crippen LogP contribution in [0.1, 0.15) is 22.3 Å². The lowest BCUT2D eigenvalue weighted by Crippen LogP contribution is -2.16. The van der Waals surface area contributed by atoms with Gasteiger partial charge in [-0.15, -0.1) is 5.73 Å². The fraction of sp³-hybridized carbons (Fsp3) is 0.0278. The summed E-state index contributed by atoms with van der Waals surface area (Å²) in [5.74, 6) is 7.33. The molecule has 0 aliphatic rings. The van der Waals surface area contributed by atoms with Crippen molar-refractivity contribution >= 4 is 29.1 Å². The van der Waals surface area contributed by atoms with Crippen LogP contribution in [0.15, 0.2) is 145 Å². The van der Waals surface area contributed by atoms with Crippen LogP contribution in [0.2, 0.25) is 0 Å². The van der Waals surface area contributed by atoms with Crippen molar-refractivity contribution in [3.05, 3.63) is 168 Å². The van der Waals surface area contributed by atoms with E-state index in [9.17, 15) is 0 Å². The van der Waals surface area contributed by atoms with E-state index in [1.165, 1.54) is 0 Å². The number of benzene rings is 5. The Morgan fingerprint density at radius 3 is 1.77 bits per heavy atom. The van der Waals surface area contributed by atoms with Gasteiger partial charge in [-0.2, -0.15) is 0 Å². The highest BCUT2D eigenvalue weighted by atomic mass is 31.2. The number of rotatable bonds is 6. The first-order valence-corrected chi connectivity index (χ1v) is 14.4. The van der Waals surface area contributed by atoms with Crippen molar-refractivity contribution in [2.45, 2.75) is 0 Å². The summed E-state index contributed by atoms with van der Waals surface area (Å²) < 4.78 is 20.5. The first-order valence-electron chi connectivity index (χ1n) is 12.7. The molecule has 3 heteroatoms. The molecule has 0 amide bonds. The van der Waals surface area contributed by atoms with Crippen molar-refractivity contribution in [3.8, 4) is 17.6 Å². The summed E-state index contributed by atoms with van der Waals surface area (Å²) in [6.45, 7) is 0. The smallest absolute Gasteiger partial charge is 0.179 e. The van der Waals surface area contributed by atoms with Crippen LogP contribution in [0.3, 0.4) is 0 Å². The maximum absolute atomic E-state index is 15.2. The van der Waals surface area contributed by atoms with Crippen LogP contribution in [0.25, 0.3) is 11.4 Å². The second-order valence-electron chi connectivity index (χ2n) is 8.85. The molecule has 0 radical (unpaired) electrons.